The van der Waals surface area contributed by atoms with Crippen molar-refractivity contribution >= 4 is 17.9 Å². The number of urea groups is 1. The van der Waals surface area contributed by atoms with Gasteiger partial charge in [0.1, 0.15) is 6.04 Å². The first-order valence-corrected chi connectivity index (χ1v) is 7.50. The van der Waals surface area contributed by atoms with Crippen LogP contribution in [0, 0.1) is 5.92 Å². The quantitative estimate of drug-likeness (QED) is 0.630. The Morgan fingerprint density at radius 1 is 1.33 bits per heavy atom. The highest BCUT2D eigenvalue weighted by molar-refractivity contribution is 5.95. The van der Waals surface area contributed by atoms with Crippen molar-refractivity contribution in [3.05, 3.63) is 0 Å². The average Bonchev–Trinajstić information content (AvgIpc) is 2.38. The molecule has 1 aliphatic rings. The molecule has 2 unspecified atom stereocenters. The van der Waals surface area contributed by atoms with Crippen LogP contribution in [0.15, 0.2) is 0 Å². The Morgan fingerprint density at radius 2 is 2.05 bits per heavy atom. The predicted octanol–water partition coefficient (Wildman–Crippen LogP) is 0.797. The lowest BCUT2D eigenvalue weighted by Gasteiger charge is -2.36. The Kier molecular flexibility index (Phi) is 7.14. The van der Waals surface area contributed by atoms with E-state index in [2.05, 4.69) is 10.6 Å². The summed E-state index contributed by atoms with van der Waals surface area (Å²) < 4.78 is 0. The molecule has 0 bridgehead atoms. The Morgan fingerprint density at radius 3 is 2.67 bits per heavy atom. The molecule has 21 heavy (non-hydrogen) atoms. The van der Waals surface area contributed by atoms with Gasteiger partial charge in [-0.05, 0) is 31.7 Å². The first kappa shape index (κ1) is 17.4. The van der Waals surface area contributed by atoms with Crippen LogP contribution in [-0.4, -0.2) is 53.6 Å². The van der Waals surface area contributed by atoms with Crippen molar-refractivity contribution in [1.29, 1.82) is 0 Å². The summed E-state index contributed by atoms with van der Waals surface area (Å²) in [7, 11) is 0. The van der Waals surface area contributed by atoms with E-state index in [0.29, 0.717) is 13.1 Å². The molecule has 0 spiro atoms. The van der Waals surface area contributed by atoms with E-state index in [0.717, 1.165) is 25.7 Å². The largest absolute Gasteiger partial charge is 0.480 e. The number of amides is 3. The van der Waals surface area contributed by atoms with Crippen LogP contribution in [0.5, 0.6) is 0 Å². The zero-order valence-corrected chi connectivity index (χ0v) is 12.7. The van der Waals surface area contributed by atoms with Gasteiger partial charge in [0.05, 0.1) is 6.54 Å². The van der Waals surface area contributed by atoms with E-state index in [4.69, 9.17) is 0 Å². The normalized spacial score (nSPS) is 22.6. The Labute approximate surface area is 125 Å². The number of carboxylic acids is 1. The van der Waals surface area contributed by atoms with E-state index in [1.165, 1.54) is 0 Å². The highest BCUT2D eigenvalue weighted by Gasteiger charge is 2.35. The summed E-state index contributed by atoms with van der Waals surface area (Å²) in [6.45, 7) is 4.90. The highest BCUT2D eigenvalue weighted by Crippen LogP contribution is 2.23. The second-order valence-electron chi connectivity index (χ2n) is 5.53. The number of hydrogen-bond donors (Lipinski definition) is 3. The molecule has 120 valence electrons. The maximum atomic E-state index is 11.8. The fourth-order valence-electron chi connectivity index (χ4n) is 2.62. The minimum Gasteiger partial charge on any atom is -0.480 e. The average molecular weight is 299 g/mol. The monoisotopic (exact) mass is 299 g/mol. The third-order valence-electron chi connectivity index (χ3n) is 3.71. The highest BCUT2D eigenvalue weighted by atomic mass is 16.4. The Balaban J connectivity index is 2.45. The number of rotatable bonds is 6. The summed E-state index contributed by atoms with van der Waals surface area (Å²) in [5.74, 6) is -1.38. The number of imide groups is 1. The third kappa shape index (κ3) is 5.71. The number of carboxylic acid groups (broad SMARTS) is 1. The lowest BCUT2D eigenvalue weighted by atomic mass is 9.91. The lowest BCUT2D eigenvalue weighted by molar-refractivity contribution is -0.147. The Bertz CT molecular complexity index is 386. The zero-order valence-electron chi connectivity index (χ0n) is 12.7. The summed E-state index contributed by atoms with van der Waals surface area (Å²) in [5, 5.41) is 14.1. The topological polar surface area (TPSA) is 98.7 Å². The number of aliphatic carboxylic acids is 1. The number of piperidine rings is 1. The molecule has 0 aromatic carbocycles. The van der Waals surface area contributed by atoms with Gasteiger partial charge in [0.15, 0.2) is 0 Å². The van der Waals surface area contributed by atoms with Crippen LogP contribution in [0.2, 0.25) is 0 Å². The zero-order chi connectivity index (χ0) is 15.8. The molecule has 1 saturated heterocycles. The smallest absolute Gasteiger partial charge is 0.321 e. The van der Waals surface area contributed by atoms with Gasteiger partial charge in [0, 0.05) is 6.54 Å². The molecule has 1 aliphatic heterocycles. The van der Waals surface area contributed by atoms with Gasteiger partial charge >= 0.3 is 12.0 Å². The number of nitrogens with one attached hydrogen (secondary N) is 2. The number of hydrogen-bond acceptors (Lipinski definition) is 4. The van der Waals surface area contributed by atoms with Crippen molar-refractivity contribution in [2.45, 2.75) is 45.6 Å². The second kappa shape index (κ2) is 8.61. The molecule has 3 amide bonds. The van der Waals surface area contributed by atoms with Crippen LogP contribution < -0.4 is 10.6 Å². The molecule has 0 saturated carbocycles. The Hall–Kier alpha value is -1.63. The van der Waals surface area contributed by atoms with Crippen LogP contribution in [0.4, 0.5) is 4.79 Å². The van der Waals surface area contributed by atoms with Gasteiger partial charge in [-0.2, -0.15) is 0 Å². The number of carbonyl (C=O) groups is 3. The van der Waals surface area contributed by atoms with Crippen molar-refractivity contribution in [2.75, 3.05) is 19.6 Å². The van der Waals surface area contributed by atoms with Crippen molar-refractivity contribution in [2.24, 2.45) is 5.92 Å². The summed E-state index contributed by atoms with van der Waals surface area (Å²) >= 11 is 0. The van der Waals surface area contributed by atoms with Gasteiger partial charge in [0.2, 0.25) is 5.91 Å². The van der Waals surface area contributed by atoms with Gasteiger partial charge in [-0.25, -0.2) is 4.79 Å². The van der Waals surface area contributed by atoms with Gasteiger partial charge in [0.25, 0.3) is 0 Å². The SMILES string of the molecule is CCCCNC(=O)NC(=O)CN1CCCC(C)C1C(=O)O. The van der Waals surface area contributed by atoms with Crippen LogP contribution >= 0.6 is 0 Å². The molecular formula is C14H25N3O4. The summed E-state index contributed by atoms with van der Waals surface area (Å²) in [6.07, 6.45) is 3.51. The fraction of sp³-hybridized carbons (Fsp3) is 0.786. The van der Waals surface area contributed by atoms with Crippen LogP contribution in [0.25, 0.3) is 0 Å². The number of unbranched alkanes of at least 4 members (excludes halogenated alkanes) is 1. The van der Waals surface area contributed by atoms with E-state index < -0.39 is 23.9 Å². The minimum atomic E-state index is -0.914. The van der Waals surface area contributed by atoms with Gasteiger partial charge in [-0.3, -0.25) is 19.8 Å². The molecule has 0 aromatic rings. The molecular weight excluding hydrogens is 274 g/mol. The minimum absolute atomic E-state index is 0.00225. The van der Waals surface area contributed by atoms with Crippen molar-refractivity contribution in [3.8, 4) is 0 Å². The van der Waals surface area contributed by atoms with Crippen molar-refractivity contribution in [1.82, 2.24) is 15.5 Å². The van der Waals surface area contributed by atoms with Crippen LogP contribution in [0.1, 0.15) is 39.5 Å². The molecule has 7 heteroatoms. The van der Waals surface area contributed by atoms with Gasteiger partial charge in [-0.15, -0.1) is 0 Å². The molecule has 2 atom stereocenters. The maximum absolute atomic E-state index is 11.8. The summed E-state index contributed by atoms with van der Waals surface area (Å²) in [6, 6.07) is -1.18. The summed E-state index contributed by atoms with van der Waals surface area (Å²) in [5.41, 5.74) is 0. The predicted molar refractivity (Wildman–Crippen MR) is 77.8 cm³/mol. The second-order valence-corrected chi connectivity index (χ2v) is 5.53. The molecule has 0 radical (unpaired) electrons. The van der Waals surface area contributed by atoms with Gasteiger partial charge in [-0.1, -0.05) is 20.3 Å². The van der Waals surface area contributed by atoms with Crippen LogP contribution in [-0.2, 0) is 9.59 Å². The maximum Gasteiger partial charge on any atom is 0.321 e. The molecule has 7 nitrogen and oxygen atoms in total. The van der Waals surface area contributed by atoms with E-state index in [-0.39, 0.29) is 12.5 Å². The number of likely N-dealkylation sites (tertiary alicyclic amines) is 1. The van der Waals surface area contributed by atoms with E-state index in [9.17, 15) is 19.5 Å². The van der Waals surface area contributed by atoms with Crippen LogP contribution in [0.3, 0.4) is 0 Å². The fourth-order valence-corrected chi connectivity index (χ4v) is 2.62. The van der Waals surface area contributed by atoms with E-state index in [1.807, 2.05) is 13.8 Å². The molecule has 1 fully saturated rings. The van der Waals surface area contributed by atoms with E-state index >= 15 is 0 Å². The molecule has 3 N–H and O–H groups in total. The first-order chi connectivity index (χ1) is 9.95. The lowest BCUT2D eigenvalue weighted by Crippen LogP contribution is -2.53. The number of carbonyl (C=O) groups excluding carboxylic acids is 2. The standard InChI is InChI=1S/C14H25N3O4/c1-3-4-7-15-14(21)16-11(18)9-17-8-5-6-10(2)12(17)13(19)20/h10,12H,3-9H2,1-2H3,(H,19,20)(H2,15,16,18,21). The van der Waals surface area contributed by atoms with Crippen molar-refractivity contribution < 1.29 is 19.5 Å². The molecule has 0 aliphatic carbocycles. The molecule has 1 rings (SSSR count). The molecule has 0 aromatic heterocycles. The van der Waals surface area contributed by atoms with Crippen molar-refractivity contribution in [3.63, 3.8) is 0 Å². The van der Waals surface area contributed by atoms with Gasteiger partial charge < -0.3 is 10.4 Å². The first-order valence-electron chi connectivity index (χ1n) is 7.50. The third-order valence-corrected chi connectivity index (χ3v) is 3.71. The summed E-state index contributed by atoms with van der Waals surface area (Å²) in [4.78, 5) is 36.2. The number of nitrogens with zero attached hydrogens (tertiary/aromatic N) is 1. The molecule has 1 heterocycles. The van der Waals surface area contributed by atoms with E-state index in [1.54, 1.807) is 4.90 Å².